The molecule has 26 heavy (non-hydrogen) atoms. The third-order valence-corrected chi connectivity index (χ3v) is 5.08. The smallest absolute Gasteiger partial charge is 0.268 e. The number of carbonyl (C=O) groups is 1. The van der Waals surface area contributed by atoms with Crippen LogP contribution in [0.1, 0.15) is 22.1 Å². The van der Waals surface area contributed by atoms with Gasteiger partial charge in [-0.15, -0.1) is 0 Å². The van der Waals surface area contributed by atoms with Crippen LogP contribution in [0.2, 0.25) is 10.0 Å². The Bertz CT molecular complexity index is 969. The summed E-state index contributed by atoms with van der Waals surface area (Å²) in [4.78, 5) is 12.8. The molecule has 7 heteroatoms. The second-order valence-electron chi connectivity index (χ2n) is 5.83. The Kier molecular flexibility index (Phi) is 5.41. The third-order valence-electron chi connectivity index (χ3n) is 4.35. The van der Waals surface area contributed by atoms with Gasteiger partial charge in [0, 0.05) is 17.5 Å². The minimum atomic E-state index is -0.612. The number of hydrogen-bond acceptors (Lipinski definition) is 3. The first-order chi connectivity index (χ1) is 12.5. The molecule has 0 radical (unpaired) electrons. The summed E-state index contributed by atoms with van der Waals surface area (Å²) in [6.45, 7) is -0.270. The number of fused-ring (bicyclic) bond motifs is 1. The van der Waals surface area contributed by atoms with Crippen molar-refractivity contribution < 1.29 is 14.6 Å². The number of halogens is 2. The molecule has 0 saturated heterocycles. The SMILES string of the molecule is COc1ccc2c(cc(C(=O)N[C@H](CO)c3ccccc3Cl)n2C)c1Cl. The summed E-state index contributed by atoms with van der Waals surface area (Å²) >= 11 is 12.5. The summed E-state index contributed by atoms with van der Waals surface area (Å²) < 4.78 is 6.97. The number of aliphatic hydroxyl groups excluding tert-OH is 1. The Morgan fingerprint density at radius 1 is 1.27 bits per heavy atom. The van der Waals surface area contributed by atoms with E-state index in [1.165, 1.54) is 0 Å². The van der Waals surface area contributed by atoms with Crippen molar-refractivity contribution in [1.82, 2.24) is 9.88 Å². The second-order valence-corrected chi connectivity index (χ2v) is 6.62. The van der Waals surface area contributed by atoms with Gasteiger partial charge in [0.05, 0.1) is 30.3 Å². The minimum absolute atomic E-state index is 0.270. The fourth-order valence-corrected chi connectivity index (χ4v) is 3.50. The number of carbonyl (C=O) groups excluding carboxylic acids is 1. The van der Waals surface area contributed by atoms with Gasteiger partial charge in [0.25, 0.3) is 5.91 Å². The number of methoxy groups -OCH3 is 1. The summed E-state index contributed by atoms with van der Waals surface area (Å²) in [6.07, 6.45) is 0. The lowest BCUT2D eigenvalue weighted by atomic mass is 10.1. The summed E-state index contributed by atoms with van der Waals surface area (Å²) in [7, 11) is 3.32. The first-order valence-corrected chi connectivity index (χ1v) is 8.71. The Morgan fingerprint density at radius 2 is 2.00 bits per heavy atom. The van der Waals surface area contributed by atoms with Crippen LogP contribution in [0.25, 0.3) is 10.9 Å². The molecule has 2 N–H and O–H groups in total. The highest BCUT2D eigenvalue weighted by atomic mass is 35.5. The number of amides is 1. The number of nitrogens with one attached hydrogen (secondary N) is 1. The molecule has 136 valence electrons. The highest BCUT2D eigenvalue weighted by molar-refractivity contribution is 6.37. The molecule has 0 aliphatic carbocycles. The number of rotatable bonds is 5. The van der Waals surface area contributed by atoms with Crippen LogP contribution >= 0.6 is 23.2 Å². The summed E-state index contributed by atoms with van der Waals surface area (Å²) in [6, 6.07) is 11.8. The Morgan fingerprint density at radius 3 is 2.65 bits per heavy atom. The lowest BCUT2D eigenvalue weighted by Crippen LogP contribution is -2.32. The summed E-state index contributed by atoms with van der Waals surface area (Å²) in [5, 5.41) is 14.2. The number of aromatic nitrogens is 1. The quantitative estimate of drug-likeness (QED) is 0.690. The molecule has 3 rings (SSSR count). The monoisotopic (exact) mass is 392 g/mol. The Balaban J connectivity index is 1.96. The van der Waals surface area contributed by atoms with Gasteiger partial charge in [-0.2, -0.15) is 0 Å². The zero-order chi connectivity index (χ0) is 18.8. The average Bonchev–Trinajstić information content (AvgIpc) is 2.98. The van der Waals surface area contributed by atoms with Crippen molar-refractivity contribution in [2.24, 2.45) is 7.05 Å². The van der Waals surface area contributed by atoms with E-state index in [0.717, 1.165) is 10.9 Å². The van der Waals surface area contributed by atoms with Gasteiger partial charge in [0.2, 0.25) is 0 Å². The van der Waals surface area contributed by atoms with Crippen molar-refractivity contribution >= 4 is 40.0 Å². The van der Waals surface area contributed by atoms with Crippen molar-refractivity contribution in [3.8, 4) is 5.75 Å². The molecular weight excluding hydrogens is 375 g/mol. The zero-order valence-electron chi connectivity index (χ0n) is 14.3. The molecule has 0 aliphatic rings. The van der Waals surface area contributed by atoms with Gasteiger partial charge in [-0.1, -0.05) is 41.4 Å². The highest BCUT2D eigenvalue weighted by Crippen LogP contribution is 2.34. The van der Waals surface area contributed by atoms with Gasteiger partial charge in [-0.3, -0.25) is 4.79 Å². The maximum absolute atomic E-state index is 12.8. The van der Waals surface area contributed by atoms with Crippen LogP contribution in [0.3, 0.4) is 0 Å². The van der Waals surface area contributed by atoms with E-state index >= 15 is 0 Å². The van der Waals surface area contributed by atoms with Crippen LogP contribution < -0.4 is 10.1 Å². The van der Waals surface area contributed by atoms with Gasteiger partial charge in [-0.25, -0.2) is 0 Å². The Hall–Kier alpha value is -2.21. The summed E-state index contributed by atoms with van der Waals surface area (Å²) in [5.41, 5.74) is 1.88. The fraction of sp³-hybridized carbons (Fsp3) is 0.211. The van der Waals surface area contributed by atoms with Crippen LogP contribution in [0, 0.1) is 0 Å². The third kappa shape index (κ3) is 3.26. The molecule has 1 amide bonds. The van der Waals surface area contributed by atoms with Crippen LogP contribution in [-0.4, -0.2) is 29.3 Å². The number of hydrogen-bond donors (Lipinski definition) is 2. The van der Waals surface area contributed by atoms with Gasteiger partial charge in [0.1, 0.15) is 11.4 Å². The molecular formula is C19H18Cl2N2O3. The molecule has 0 unspecified atom stereocenters. The van der Waals surface area contributed by atoms with Gasteiger partial charge >= 0.3 is 0 Å². The van der Waals surface area contributed by atoms with Crippen LogP contribution in [-0.2, 0) is 7.05 Å². The highest BCUT2D eigenvalue weighted by Gasteiger charge is 2.21. The molecule has 0 spiro atoms. The number of aryl methyl sites for hydroxylation is 1. The predicted molar refractivity (Wildman–Crippen MR) is 103 cm³/mol. The molecule has 2 aromatic carbocycles. The lowest BCUT2D eigenvalue weighted by Gasteiger charge is -2.18. The molecule has 0 fully saturated rings. The van der Waals surface area contributed by atoms with E-state index in [1.54, 1.807) is 55.1 Å². The normalized spacial score (nSPS) is 12.2. The molecule has 0 aliphatic heterocycles. The van der Waals surface area contributed by atoms with Crippen molar-refractivity contribution in [2.75, 3.05) is 13.7 Å². The van der Waals surface area contributed by atoms with E-state index in [4.69, 9.17) is 27.9 Å². The van der Waals surface area contributed by atoms with Crippen molar-refractivity contribution in [2.45, 2.75) is 6.04 Å². The molecule has 1 atom stereocenters. The first kappa shape index (κ1) is 18.6. The molecule has 1 heterocycles. The van der Waals surface area contributed by atoms with E-state index in [0.29, 0.717) is 27.1 Å². The molecule has 5 nitrogen and oxygen atoms in total. The molecule has 0 bridgehead atoms. The van der Waals surface area contributed by atoms with E-state index in [9.17, 15) is 9.90 Å². The van der Waals surface area contributed by atoms with Crippen molar-refractivity contribution in [3.63, 3.8) is 0 Å². The Labute approximate surface area is 161 Å². The molecule has 3 aromatic rings. The molecule has 0 saturated carbocycles. The number of nitrogens with zero attached hydrogens (tertiary/aromatic N) is 1. The van der Waals surface area contributed by atoms with Crippen molar-refractivity contribution in [3.05, 3.63) is 63.8 Å². The van der Waals surface area contributed by atoms with E-state index in [1.807, 2.05) is 6.07 Å². The topological polar surface area (TPSA) is 63.5 Å². The maximum Gasteiger partial charge on any atom is 0.268 e. The summed E-state index contributed by atoms with van der Waals surface area (Å²) in [5.74, 6) is 0.207. The molecule has 1 aromatic heterocycles. The van der Waals surface area contributed by atoms with Crippen LogP contribution in [0.4, 0.5) is 0 Å². The van der Waals surface area contributed by atoms with E-state index < -0.39 is 6.04 Å². The van der Waals surface area contributed by atoms with Gasteiger partial charge in [-0.05, 0) is 29.8 Å². The van der Waals surface area contributed by atoms with E-state index in [-0.39, 0.29) is 12.5 Å². The lowest BCUT2D eigenvalue weighted by molar-refractivity contribution is 0.0908. The first-order valence-electron chi connectivity index (χ1n) is 7.96. The minimum Gasteiger partial charge on any atom is -0.495 e. The van der Waals surface area contributed by atoms with Gasteiger partial charge < -0.3 is 19.7 Å². The van der Waals surface area contributed by atoms with Crippen LogP contribution in [0.5, 0.6) is 5.75 Å². The predicted octanol–water partition coefficient (Wildman–Crippen LogP) is 3.96. The second kappa shape index (κ2) is 7.58. The van der Waals surface area contributed by atoms with E-state index in [2.05, 4.69) is 5.32 Å². The van der Waals surface area contributed by atoms with Crippen molar-refractivity contribution in [1.29, 1.82) is 0 Å². The average molecular weight is 393 g/mol. The number of ether oxygens (including phenoxy) is 1. The van der Waals surface area contributed by atoms with Crippen LogP contribution in [0.15, 0.2) is 42.5 Å². The maximum atomic E-state index is 12.8. The standard InChI is InChI=1S/C19H18Cl2N2O3/c1-23-15-7-8-17(26-2)18(21)12(15)9-16(23)19(25)22-14(10-24)11-5-3-4-6-13(11)20/h3-9,14,24H,10H2,1-2H3,(H,22,25)/t14-/m1/s1. The zero-order valence-corrected chi connectivity index (χ0v) is 15.8. The number of aliphatic hydroxyl groups is 1. The largest absolute Gasteiger partial charge is 0.495 e. The fourth-order valence-electron chi connectivity index (χ4n) is 2.94. The van der Waals surface area contributed by atoms with Gasteiger partial charge in [0.15, 0.2) is 0 Å². The number of benzene rings is 2.